The number of aromatic nitrogens is 2. The van der Waals surface area contributed by atoms with Gasteiger partial charge in [0.2, 0.25) is 0 Å². The van der Waals surface area contributed by atoms with Crippen molar-refractivity contribution in [2.45, 2.75) is 6.92 Å². The Hall–Kier alpha value is -1.53. The topological polar surface area (TPSA) is 37.8 Å². The smallest absolute Gasteiger partial charge is 0.129 e. The Labute approximate surface area is 111 Å². The average Bonchev–Trinajstić information content (AvgIpc) is 2.91. The molecule has 0 unspecified atom stereocenters. The summed E-state index contributed by atoms with van der Waals surface area (Å²) in [7, 11) is 1.86. The fraction of sp³-hybridized carbons (Fsp3) is 0.167. The molecular weight excluding hydrogens is 269 g/mol. The highest BCUT2D eigenvalue weighted by molar-refractivity contribution is 7.22. The van der Waals surface area contributed by atoms with Crippen LogP contribution in [-0.2, 0) is 0 Å². The second-order valence-corrected chi connectivity index (χ2v) is 5.66. The molecule has 3 nitrogen and oxygen atoms in total. The van der Waals surface area contributed by atoms with Gasteiger partial charge in [-0.05, 0) is 36.7 Å². The van der Waals surface area contributed by atoms with Crippen LogP contribution in [0.2, 0.25) is 0 Å². The molecule has 3 rings (SSSR count). The van der Waals surface area contributed by atoms with Crippen molar-refractivity contribution in [3.8, 4) is 10.6 Å². The molecule has 3 aromatic rings. The van der Waals surface area contributed by atoms with Gasteiger partial charge in [-0.3, -0.25) is 0 Å². The van der Waals surface area contributed by atoms with E-state index in [1.165, 1.54) is 35.0 Å². The van der Waals surface area contributed by atoms with Crippen molar-refractivity contribution in [3.05, 3.63) is 29.7 Å². The molecule has 1 N–H and O–H groups in total. The summed E-state index contributed by atoms with van der Waals surface area (Å²) in [6, 6.07) is 4.66. The number of hydrogen-bond donors (Lipinski definition) is 1. The van der Waals surface area contributed by atoms with E-state index in [9.17, 15) is 4.39 Å². The van der Waals surface area contributed by atoms with Gasteiger partial charge >= 0.3 is 0 Å². The molecule has 6 heteroatoms. The van der Waals surface area contributed by atoms with Crippen molar-refractivity contribution in [2.24, 2.45) is 0 Å². The maximum absolute atomic E-state index is 13.2. The SMILES string of the molecule is CNc1snc(C)c1-c1nc2ccc(F)cc2s1. The predicted octanol–water partition coefficient (Wildman–Crippen LogP) is 3.91. The van der Waals surface area contributed by atoms with Gasteiger partial charge in [0.25, 0.3) is 0 Å². The van der Waals surface area contributed by atoms with Gasteiger partial charge in [0.15, 0.2) is 0 Å². The molecule has 1 aromatic carbocycles. The second-order valence-electron chi connectivity index (χ2n) is 3.85. The van der Waals surface area contributed by atoms with Crippen LogP contribution in [0.5, 0.6) is 0 Å². The standard InChI is InChI=1S/C12H10FN3S2/c1-6-10(11(14-2)18-16-6)12-15-8-4-3-7(13)5-9(8)17-12/h3-5,14H,1-2H3. The van der Waals surface area contributed by atoms with E-state index < -0.39 is 0 Å². The van der Waals surface area contributed by atoms with Crippen LogP contribution in [0.25, 0.3) is 20.8 Å². The lowest BCUT2D eigenvalue weighted by atomic mass is 10.2. The highest BCUT2D eigenvalue weighted by Crippen LogP contribution is 2.38. The second kappa shape index (κ2) is 4.29. The minimum atomic E-state index is -0.230. The summed E-state index contributed by atoms with van der Waals surface area (Å²) in [6.45, 7) is 1.96. The number of halogens is 1. The first-order valence-corrected chi connectivity index (χ1v) is 6.98. The van der Waals surface area contributed by atoms with Crippen molar-refractivity contribution >= 4 is 38.1 Å². The first-order valence-electron chi connectivity index (χ1n) is 5.39. The van der Waals surface area contributed by atoms with E-state index in [2.05, 4.69) is 14.7 Å². The fourth-order valence-electron chi connectivity index (χ4n) is 1.80. The van der Waals surface area contributed by atoms with E-state index in [1.807, 2.05) is 14.0 Å². The Balaban J connectivity index is 2.22. The quantitative estimate of drug-likeness (QED) is 0.773. The van der Waals surface area contributed by atoms with Crippen LogP contribution < -0.4 is 5.32 Å². The van der Waals surface area contributed by atoms with Gasteiger partial charge < -0.3 is 5.32 Å². The number of anilines is 1. The number of fused-ring (bicyclic) bond motifs is 1. The molecular formula is C12H10FN3S2. The lowest BCUT2D eigenvalue weighted by molar-refractivity contribution is 0.630. The lowest BCUT2D eigenvalue weighted by Gasteiger charge is -1.98. The molecule has 0 bridgehead atoms. The lowest BCUT2D eigenvalue weighted by Crippen LogP contribution is -1.87. The van der Waals surface area contributed by atoms with Gasteiger partial charge in [0, 0.05) is 7.05 Å². The van der Waals surface area contributed by atoms with Crippen LogP contribution in [0.3, 0.4) is 0 Å². The largest absolute Gasteiger partial charge is 0.378 e. The third kappa shape index (κ3) is 1.77. The van der Waals surface area contributed by atoms with Crippen molar-refractivity contribution in [2.75, 3.05) is 12.4 Å². The van der Waals surface area contributed by atoms with Crippen LogP contribution in [-0.4, -0.2) is 16.4 Å². The summed E-state index contributed by atoms with van der Waals surface area (Å²) in [6.07, 6.45) is 0. The predicted molar refractivity (Wildman–Crippen MR) is 75.0 cm³/mol. The zero-order chi connectivity index (χ0) is 12.7. The van der Waals surface area contributed by atoms with E-state index >= 15 is 0 Å². The zero-order valence-electron chi connectivity index (χ0n) is 9.82. The van der Waals surface area contributed by atoms with Crippen LogP contribution in [0.4, 0.5) is 9.39 Å². The maximum Gasteiger partial charge on any atom is 0.129 e. The van der Waals surface area contributed by atoms with Gasteiger partial charge in [-0.1, -0.05) is 0 Å². The van der Waals surface area contributed by atoms with Crippen LogP contribution >= 0.6 is 22.9 Å². The van der Waals surface area contributed by atoms with Crippen molar-refractivity contribution < 1.29 is 4.39 Å². The third-order valence-corrected chi connectivity index (χ3v) is 4.65. The highest BCUT2D eigenvalue weighted by Gasteiger charge is 2.16. The molecule has 92 valence electrons. The van der Waals surface area contributed by atoms with Crippen molar-refractivity contribution in [3.63, 3.8) is 0 Å². The van der Waals surface area contributed by atoms with E-state index in [-0.39, 0.29) is 5.82 Å². The number of benzene rings is 1. The van der Waals surface area contributed by atoms with Crippen molar-refractivity contribution in [1.29, 1.82) is 0 Å². The van der Waals surface area contributed by atoms with Crippen LogP contribution in [0.1, 0.15) is 5.69 Å². The van der Waals surface area contributed by atoms with Gasteiger partial charge in [-0.2, -0.15) is 4.37 Å². The van der Waals surface area contributed by atoms with E-state index in [4.69, 9.17) is 0 Å². The number of hydrogen-bond acceptors (Lipinski definition) is 5. The van der Waals surface area contributed by atoms with Gasteiger partial charge in [0.1, 0.15) is 15.8 Å². The number of aryl methyl sites for hydroxylation is 1. The Kier molecular flexibility index (Phi) is 2.76. The molecule has 18 heavy (non-hydrogen) atoms. The van der Waals surface area contributed by atoms with Gasteiger partial charge in [-0.15, -0.1) is 11.3 Å². The molecule has 0 fully saturated rings. The molecule has 0 amide bonds. The Morgan fingerprint density at radius 1 is 1.33 bits per heavy atom. The third-order valence-electron chi connectivity index (χ3n) is 2.65. The summed E-state index contributed by atoms with van der Waals surface area (Å²) < 4.78 is 18.4. The molecule has 0 saturated carbocycles. The maximum atomic E-state index is 13.2. The number of rotatable bonds is 2. The van der Waals surface area contributed by atoms with Gasteiger partial charge in [0.05, 0.1) is 21.5 Å². The molecule has 0 spiro atoms. The monoisotopic (exact) mass is 279 g/mol. The summed E-state index contributed by atoms with van der Waals surface area (Å²) in [4.78, 5) is 4.54. The minimum absolute atomic E-state index is 0.230. The van der Waals surface area contributed by atoms with Crippen LogP contribution in [0, 0.1) is 12.7 Å². The Morgan fingerprint density at radius 3 is 2.94 bits per heavy atom. The zero-order valence-corrected chi connectivity index (χ0v) is 11.5. The van der Waals surface area contributed by atoms with Crippen LogP contribution in [0.15, 0.2) is 18.2 Å². The molecule has 0 aliphatic rings. The molecule has 0 atom stereocenters. The summed E-state index contributed by atoms with van der Waals surface area (Å²) in [5, 5.41) is 4.99. The molecule has 0 aliphatic heterocycles. The molecule has 0 radical (unpaired) electrons. The number of nitrogens with one attached hydrogen (secondary N) is 1. The molecule has 2 aromatic heterocycles. The number of thiazole rings is 1. The summed E-state index contributed by atoms with van der Waals surface area (Å²) >= 11 is 2.90. The number of nitrogens with zero attached hydrogens (tertiary/aromatic N) is 2. The summed E-state index contributed by atoms with van der Waals surface area (Å²) in [5.74, 6) is -0.230. The van der Waals surface area contributed by atoms with Gasteiger partial charge in [-0.25, -0.2) is 9.37 Å². The minimum Gasteiger partial charge on any atom is -0.378 e. The molecule has 0 aliphatic carbocycles. The Bertz CT molecular complexity index is 717. The van der Waals surface area contributed by atoms with E-state index in [0.29, 0.717) is 0 Å². The first kappa shape index (κ1) is 11.6. The summed E-state index contributed by atoms with van der Waals surface area (Å²) in [5.41, 5.74) is 2.79. The Morgan fingerprint density at radius 2 is 2.17 bits per heavy atom. The van der Waals surface area contributed by atoms with E-state index in [1.54, 1.807) is 6.07 Å². The highest BCUT2D eigenvalue weighted by atomic mass is 32.1. The molecule has 0 saturated heterocycles. The average molecular weight is 279 g/mol. The normalized spacial score (nSPS) is 11.1. The van der Waals surface area contributed by atoms with E-state index in [0.717, 1.165) is 31.5 Å². The molecule has 2 heterocycles. The fourth-order valence-corrected chi connectivity index (χ4v) is 3.70. The van der Waals surface area contributed by atoms with Crippen molar-refractivity contribution in [1.82, 2.24) is 9.36 Å². The first-order chi connectivity index (χ1) is 8.69.